The Morgan fingerprint density at radius 1 is 1.23 bits per heavy atom. The second-order valence-electron chi connectivity index (χ2n) is 7.91. The van der Waals surface area contributed by atoms with Crippen LogP contribution in [0.5, 0.6) is 5.75 Å². The van der Waals surface area contributed by atoms with Gasteiger partial charge in [0.1, 0.15) is 11.6 Å². The maximum atomic E-state index is 13.0. The lowest BCUT2D eigenvalue weighted by Crippen LogP contribution is -2.43. The molecule has 31 heavy (non-hydrogen) atoms. The van der Waals surface area contributed by atoms with Gasteiger partial charge in [-0.1, -0.05) is 11.6 Å². The van der Waals surface area contributed by atoms with Gasteiger partial charge >= 0.3 is 0 Å². The monoisotopic (exact) mass is 506 g/mol. The summed E-state index contributed by atoms with van der Waals surface area (Å²) in [6.45, 7) is 0.974. The SMILES string of the molecule is Nc1cc(C(=O)N2CCCC2CNC(=O)c2ccc(OC3CCC3)cc2Cl)c(Br)cn1. The van der Waals surface area contributed by atoms with E-state index in [9.17, 15) is 9.59 Å². The minimum atomic E-state index is -0.270. The maximum Gasteiger partial charge on any atom is 0.255 e. The number of amides is 2. The Bertz CT molecular complexity index is 999. The van der Waals surface area contributed by atoms with Gasteiger partial charge < -0.3 is 20.7 Å². The van der Waals surface area contributed by atoms with Gasteiger partial charge in [-0.3, -0.25) is 9.59 Å². The van der Waals surface area contributed by atoms with Crippen LogP contribution in [0.4, 0.5) is 5.82 Å². The summed E-state index contributed by atoms with van der Waals surface area (Å²) in [5, 5.41) is 3.27. The number of nitrogens with two attached hydrogens (primary N) is 1. The third-order valence-corrected chi connectivity index (χ3v) is 6.73. The molecule has 7 nitrogen and oxygen atoms in total. The van der Waals surface area contributed by atoms with Gasteiger partial charge in [-0.2, -0.15) is 0 Å². The topological polar surface area (TPSA) is 97.6 Å². The van der Waals surface area contributed by atoms with Crippen LogP contribution in [0.1, 0.15) is 52.8 Å². The van der Waals surface area contributed by atoms with Crippen LogP contribution in [0.25, 0.3) is 0 Å². The number of aromatic nitrogens is 1. The number of pyridine rings is 1. The largest absolute Gasteiger partial charge is 0.490 e. The third-order valence-electron chi connectivity index (χ3n) is 5.78. The van der Waals surface area contributed by atoms with Gasteiger partial charge in [0.2, 0.25) is 0 Å². The number of nitrogens with zero attached hydrogens (tertiary/aromatic N) is 2. The van der Waals surface area contributed by atoms with E-state index >= 15 is 0 Å². The Hall–Kier alpha value is -2.32. The van der Waals surface area contributed by atoms with Gasteiger partial charge in [0, 0.05) is 29.8 Å². The number of rotatable bonds is 6. The van der Waals surface area contributed by atoms with Gasteiger partial charge in [-0.25, -0.2) is 4.98 Å². The molecule has 2 fully saturated rings. The predicted molar refractivity (Wildman–Crippen MR) is 122 cm³/mol. The fourth-order valence-electron chi connectivity index (χ4n) is 3.83. The molecule has 0 spiro atoms. The van der Waals surface area contributed by atoms with E-state index in [4.69, 9.17) is 22.1 Å². The van der Waals surface area contributed by atoms with Crippen LogP contribution in [-0.4, -0.2) is 46.9 Å². The first-order valence-corrected chi connectivity index (χ1v) is 11.6. The van der Waals surface area contributed by atoms with E-state index in [1.54, 1.807) is 29.2 Å². The molecule has 1 atom stereocenters. The smallest absolute Gasteiger partial charge is 0.255 e. The number of ether oxygens (including phenoxy) is 1. The van der Waals surface area contributed by atoms with Crippen molar-refractivity contribution in [1.82, 2.24) is 15.2 Å². The number of hydrogen-bond donors (Lipinski definition) is 2. The van der Waals surface area contributed by atoms with Gasteiger partial charge in [-0.05, 0) is 72.3 Å². The molecule has 3 N–H and O–H groups in total. The van der Waals surface area contributed by atoms with Crippen LogP contribution < -0.4 is 15.8 Å². The summed E-state index contributed by atoms with van der Waals surface area (Å²) < 4.78 is 6.42. The van der Waals surface area contributed by atoms with E-state index in [0.717, 1.165) is 25.7 Å². The normalized spacial score (nSPS) is 18.5. The van der Waals surface area contributed by atoms with Crippen LogP contribution in [-0.2, 0) is 0 Å². The highest BCUT2D eigenvalue weighted by Crippen LogP contribution is 2.29. The molecule has 0 radical (unpaired) electrons. The summed E-state index contributed by atoms with van der Waals surface area (Å²) in [5.41, 5.74) is 6.60. The van der Waals surface area contributed by atoms with E-state index in [0.29, 0.717) is 39.5 Å². The second-order valence-corrected chi connectivity index (χ2v) is 9.17. The van der Waals surface area contributed by atoms with Crippen molar-refractivity contribution < 1.29 is 14.3 Å². The Balaban J connectivity index is 1.38. The fourth-order valence-corrected chi connectivity index (χ4v) is 4.47. The molecule has 0 bridgehead atoms. The molecule has 2 heterocycles. The van der Waals surface area contributed by atoms with Crippen molar-refractivity contribution in [1.29, 1.82) is 0 Å². The molecule has 1 saturated heterocycles. The number of carbonyl (C=O) groups excluding carboxylic acids is 2. The Labute approximate surface area is 194 Å². The van der Waals surface area contributed by atoms with Crippen molar-refractivity contribution in [2.75, 3.05) is 18.8 Å². The lowest BCUT2D eigenvalue weighted by atomic mass is 9.96. The third kappa shape index (κ3) is 4.96. The number of benzene rings is 1. The van der Waals surface area contributed by atoms with Gasteiger partial charge in [0.05, 0.1) is 22.3 Å². The molecular formula is C22H24BrClN4O3. The molecule has 2 aliphatic rings. The van der Waals surface area contributed by atoms with Gasteiger partial charge in [0.25, 0.3) is 11.8 Å². The molecular weight excluding hydrogens is 484 g/mol. The number of likely N-dealkylation sites (tertiary alicyclic amines) is 1. The lowest BCUT2D eigenvalue weighted by molar-refractivity contribution is 0.0724. The Morgan fingerprint density at radius 3 is 2.74 bits per heavy atom. The molecule has 1 aromatic carbocycles. The fraction of sp³-hybridized carbons (Fsp3) is 0.409. The van der Waals surface area contributed by atoms with Gasteiger partial charge in [0.15, 0.2) is 0 Å². The average molecular weight is 508 g/mol. The van der Waals surface area contributed by atoms with Crippen molar-refractivity contribution >= 4 is 45.2 Å². The summed E-state index contributed by atoms with van der Waals surface area (Å²) in [4.78, 5) is 31.5. The molecule has 2 aromatic rings. The zero-order valence-electron chi connectivity index (χ0n) is 16.9. The molecule has 9 heteroatoms. The number of anilines is 1. The molecule has 1 aliphatic heterocycles. The minimum absolute atomic E-state index is 0.0993. The number of nitrogens with one attached hydrogen (secondary N) is 1. The van der Waals surface area contributed by atoms with Gasteiger partial charge in [-0.15, -0.1) is 0 Å². The highest BCUT2D eigenvalue weighted by Gasteiger charge is 2.31. The standard InChI is InChI=1S/C22H24BrClN4O3/c23-18-12-26-20(25)10-17(18)22(30)28-8-2-3-13(28)11-27-21(29)16-7-6-15(9-19(16)24)31-14-4-1-5-14/h6-7,9-10,12-14H,1-5,8,11H2,(H2,25,26)(H,27,29). The number of halogens is 2. The first-order chi connectivity index (χ1) is 14.9. The summed E-state index contributed by atoms with van der Waals surface area (Å²) in [5.74, 6) is 0.568. The van der Waals surface area contributed by atoms with Crippen LogP contribution in [0, 0.1) is 0 Å². The predicted octanol–water partition coefficient (Wildman–Crippen LogP) is 4.05. The van der Waals surface area contributed by atoms with Crippen LogP contribution in [0.3, 0.4) is 0 Å². The summed E-state index contributed by atoms with van der Waals surface area (Å²) in [6, 6.07) is 6.60. The first-order valence-electron chi connectivity index (χ1n) is 10.4. The molecule has 164 valence electrons. The van der Waals surface area contributed by atoms with E-state index in [1.807, 2.05) is 0 Å². The van der Waals surface area contributed by atoms with E-state index in [2.05, 4.69) is 26.2 Å². The zero-order chi connectivity index (χ0) is 22.0. The Kier molecular flexibility index (Phi) is 6.67. The lowest BCUT2D eigenvalue weighted by Gasteiger charge is -2.26. The first kappa shape index (κ1) is 21.9. The average Bonchev–Trinajstić information content (AvgIpc) is 3.19. The van der Waals surface area contributed by atoms with Crippen molar-refractivity contribution in [2.24, 2.45) is 0 Å². The number of nitrogen functional groups attached to an aromatic ring is 1. The van der Waals surface area contributed by atoms with Crippen LogP contribution in [0.15, 0.2) is 34.9 Å². The van der Waals surface area contributed by atoms with E-state index in [-0.39, 0.29) is 29.8 Å². The van der Waals surface area contributed by atoms with Crippen LogP contribution >= 0.6 is 27.5 Å². The van der Waals surface area contributed by atoms with Crippen molar-refractivity contribution in [3.63, 3.8) is 0 Å². The molecule has 1 aliphatic carbocycles. The van der Waals surface area contributed by atoms with E-state index < -0.39 is 0 Å². The van der Waals surface area contributed by atoms with E-state index in [1.165, 1.54) is 12.6 Å². The molecule has 1 unspecified atom stereocenters. The van der Waals surface area contributed by atoms with Crippen molar-refractivity contribution in [3.05, 3.63) is 51.1 Å². The molecule has 2 amide bonds. The maximum absolute atomic E-state index is 13.0. The minimum Gasteiger partial charge on any atom is -0.490 e. The van der Waals surface area contributed by atoms with Crippen molar-refractivity contribution in [2.45, 2.75) is 44.2 Å². The Morgan fingerprint density at radius 2 is 2.03 bits per heavy atom. The molecule has 4 rings (SSSR count). The number of carbonyl (C=O) groups is 2. The highest BCUT2D eigenvalue weighted by atomic mass is 79.9. The zero-order valence-corrected chi connectivity index (χ0v) is 19.3. The van der Waals surface area contributed by atoms with Crippen molar-refractivity contribution in [3.8, 4) is 5.75 Å². The number of hydrogen-bond acceptors (Lipinski definition) is 5. The van der Waals surface area contributed by atoms with Crippen LogP contribution in [0.2, 0.25) is 5.02 Å². The summed E-state index contributed by atoms with van der Waals surface area (Å²) in [7, 11) is 0. The summed E-state index contributed by atoms with van der Waals surface area (Å²) >= 11 is 9.69. The molecule has 1 saturated carbocycles. The quantitative estimate of drug-likeness (QED) is 0.615. The molecule has 1 aromatic heterocycles. The highest BCUT2D eigenvalue weighted by molar-refractivity contribution is 9.10. The summed E-state index contributed by atoms with van der Waals surface area (Å²) in [6.07, 6.45) is 6.75. The second kappa shape index (κ2) is 9.44.